The van der Waals surface area contributed by atoms with Crippen molar-refractivity contribution >= 4 is 17.9 Å². The molecule has 0 aromatic carbocycles. The molecule has 6 heteroatoms. The molecule has 0 fully saturated rings. The number of esters is 3. The Morgan fingerprint density at radius 1 is 0.254 bits per heavy atom. The van der Waals surface area contributed by atoms with Gasteiger partial charge in [-0.3, -0.25) is 14.4 Å². The highest BCUT2D eigenvalue weighted by Crippen LogP contribution is 2.18. The normalized spacial score (nSPS) is 11.9. The maximum absolute atomic E-state index is 12.8. The molecule has 0 aromatic rings. The molecular weight excluding hydrogens is 781 g/mol. The van der Waals surface area contributed by atoms with Gasteiger partial charge in [0.1, 0.15) is 13.2 Å². The number of carbonyl (C=O) groups excluding carboxylic acids is 3. The Bertz CT molecular complexity index is 936. The van der Waals surface area contributed by atoms with Crippen molar-refractivity contribution in [3.63, 3.8) is 0 Å². The quantitative estimate of drug-likeness (QED) is 0.0344. The first-order chi connectivity index (χ1) is 31.0. The van der Waals surface area contributed by atoms with E-state index >= 15 is 0 Å². The Kier molecular flexibility index (Phi) is 51.7. The third-order valence-corrected chi connectivity index (χ3v) is 13.1. The summed E-state index contributed by atoms with van der Waals surface area (Å²) in [6.45, 7) is 6.69. The Morgan fingerprint density at radius 2 is 0.429 bits per heavy atom. The topological polar surface area (TPSA) is 78.9 Å². The molecule has 0 amide bonds. The van der Waals surface area contributed by atoms with E-state index in [9.17, 15) is 14.4 Å². The van der Waals surface area contributed by atoms with Gasteiger partial charge in [0.15, 0.2) is 6.10 Å². The summed E-state index contributed by atoms with van der Waals surface area (Å²) in [5.74, 6) is -0.836. The number of rotatable bonds is 53. The second-order valence-electron chi connectivity index (χ2n) is 19.6. The van der Waals surface area contributed by atoms with E-state index in [1.165, 1.54) is 231 Å². The van der Waals surface area contributed by atoms with Crippen LogP contribution in [0.2, 0.25) is 0 Å². The molecule has 0 aliphatic rings. The summed E-state index contributed by atoms with van der Waals surface area (Å²) < 4.78 is 16.8. The fourth-order valence-electron chi connectivity index (χ4n) is 8.80. The van der Waals surface area contributed by atoms with Gasteiger partial charge in [-0.25, -0.2) is 0 Å². The van der Waals surface area contributed by atoms with Crippen LogP contribution in [-0.4, -0.2) is 37.2 Å². The van der Waals surface area contributed by atoms with E-state index in [0.717, 1.165) is 57.8 Å². The minimum atomic E-state index is -0.760. The molecule has 0 radical (unpaired) electrons. The zero-order chi connectivity index (χ0) is 45.8. The fourth-order valence-corrected chi connectivity index (χ4v) is 8.80. The average Bonchev–Trinajstić information content (AvgIpc) is 3.28. The molecule has 0 rings (SSSR count). The third kappa shape index (κ3) is 51.3. The van der Waals surface area contributed by atoms with Crippen LogP contribution in [0.1, 0.15) is 329 Å². The molecule has 63 heavy (non-hydrogen) atoms. The van der Waals surface area contributed by atoms with E-state index in [-0.39, 0.29) is 31.1 Å². The van der Waals surface area contributed by atoms with Gasteiger partial charge in [-0.15, -0.1) is 0 Å². The lowest BCUT2D eigenvalue weighted by Gasteiger charge is -2.18. The van der Waals surface area contributed by atoms with Crippen molar-refractivity contribution < 1.29 is 28.6 Å². The first-order valence-corrected chi connectivity index (χ1v) is 28.5. The van der Waals surface area contributed by atoms with Crippen molar-refractivity contribution in [3.05, 3.63) is 0 Å². The highest BCUT2D eigenvalue weighted by molar-refractivity contribution is 5.71. The number of hydrogen-bond donors (Lipinski definition) is 0. The molecule has 0 aromatic heterocycles. The number of hydrogen-bond acceptors (Lipinski definition) is 6. The maximum Gasteiger partial charge on any atom is 0.306 e. The van der Waals surface area contributed by atoms with Gasteiger partial charge >= 0.3 is 17.9 Å². The Balaban J connectivity index is 4.20. The SMILES string of the molecule is CCCCCCCCCCCCCCCCCCCCCCCC(=O)OCC(COC(=O)CCCCCCCCCCCCCC)OC(=O)CCCCCCCCCCCCCC. The predicted molar refractivity (Wildman–Crippen MR) is 270 cm³/mol. The fraction of sp³-hybridized carbons (Fsp3) is 0.947. The molecule has 0 saturated heterocycles. The van der Waals surface area contributed by atoms with Crippen molar-refractivity contribution in [3.8, 4) is 0 Å². The van der Waals surface area contributed by atoms with E-state index in [2.05, 4.69) is 20.8 Å². The number of ether oxygens (including phenoxy) is 3. The Labute approximate surface area is 393 Å². The Morgan fingerprint density at radius 3 is 0.635 bits per heavy atom. The van der Waals surface area contributed by atoms with Gasteiger partial charge in [-0.1, -0.05) is 290 Å². The largest absolute Gasteiger partial charge is 0.462 e. The van der Waals surface area contributed by atoms with E-state index in [0.29, 0.717) is 19.3 Å². The zero-order valence-electron chi connectivity index (χ0n) is 42.9. The molecule has 0 spiro atoms. The second kappa shape index (κ2) is 53.0. The van der Waals surface area contributed by atoms with Gasteiger partial charge < -0.3 is 14.2 Å². The van der Waals surface area contributed by atoms with Crippen molar-refractivity contribution in [2.75, 3.05) is 13.2 Å². The third-order valence-electron chi connectivity index (χ3n) is 13.1. The molecule has 0 saturated carbocycles. The van der Waals surface area contributed by atoms with Crippen LogP contribution in [0.4, 0.5) is 0 Å². The molecule has 0 aliphatic heterocycles. The predicted octanol–water partition coefficient (Wildman–Crippen LogP) is 18.8. The van der Waals surface area contributed by atoms with E-state index < -0.39 is 6.10 Å². The van der Waals surface area contributed by atoms with Crippen LogP contribution < -0.4 is 0 Å². The molecule has 374 valence electrons. The van der Waals surface area contributed by atoms with Crippen molar-refractivity contribution in [2.45, 2.75) is 335 Å². The van der Waals surface area contributed by atoms with Gasteiger partial charge in [0, 0.05) is 19.3 Å². The van der Waals surface area contributed by atoms with Crippen molar-refractivity contribution in [1.82, 2.24) is 0 Å². The van der Waals surface area contributed by atoms with Crippen LogP contribution >= 0.6 is 0 Å². The Hall–Kier alpha value is -1.59. The summed E-state index contributed by atoms with van der Waals surface area (Å²) in [5, 5.41) is 0. The second-order valence-corrected chi connectivity index (χ2v) is 19.6. The lowest BCUT2D eigenvalue weighted by molar-refractivity contribution is -0.167. The van der Waals surface area contributed by atoms with Crippen LogP contribution in [0.3, 0.4) is 0 Å². The average molecular weight is 892 g/mol. The molecular formula is C57H110O6. The molecule has 0 bridgehead atoms. The van der Waals surface area contributed by atoms with E-state index in [1.807, 2.05) is 0 Å². The summed E-state index contributed by atoms with van der Waals surface area (Å²) in [4.78, 5) is 38.0. The summed E-state index contributed by atoms with van der Waals surface area (Å²) in [7, 11) is 0. The first-order valence-electron chi connectivity index (χ1n) is 28.5. The molecule has 0 N–H and O–H groups in total. The summed E-state index contributed by atoms with van der Waals surface area (Å²) in [5.41, 5.74) is 0. The highest BCUT2D eigenvalue weighted by atomic mass is 16.6. The van der Waals surface area contributed by atoms with Gasteiger partial charge in [0.05, 0.1) is 0 Å². The smallest absolute Gasteiger partial charge is 0.306 e. The lowest BCUT2D eigenvalue weighted by atomic mass is 10.0. The lowest BCUT2D eigenvalue weighted by Crippen LogP contribution is -2.30. The summed E-state index contributed by atoms with van der Waals surface area (Å²) >= 11 is 0. The van der Waals surface area contributed by atoms with Crippen LogP contribution in [0.15, 0.2) is 0 Å². The van der Waals surface area contributed by atoms with Gasteiger partial charge in [0.2, 0.25) is 0 Å². The highest BCUT2D eigenvalue weighted by Gasteiger charge is 2.19. The summed E-state index contributed by atoms with van der Waals surface area (Å²) in [6, 6.07) is 0. The van der Waals surface area contributed by atoms with Crippen LogP contribution in [0.25, 0.3) is 0 Å². The van der Waals surface area contributed by atoms with Crippen molar-refractivity contribution in [1.29, 1.82) is 0 Å². The summed E-state index contributed by atoms with van der Waals surface area (Å²) in [6.07, 6.45) is 58.1. The maximum atomic E-state index is 12.8. The van der Waals surface area contributed by atoms with Crippen LogP contribution in [0, 0.1) is 0 Å². The van der Waals surface area contributed by atoms with E-state index in [4.69, 9.17) is 14.2 Å². The van der Waals surface area contributed by atoms with Crippen LogP contribution in [0.5, 0.6) is 0 Å². The molecule has 1 atom stereocenters. The molecule has 0 aliphatic carbocycles. The zero-order valence-corrected chi connectivity index (χ0v) is 42.9. The minimum Gasteiger partial charge on any atom is -0.462 e. The molecule has 1 unspecified atom stereocenters. The van der Waals surface area contributed by atoms with Gasteiger partial charge in [0.25, 0.3) is 0 Å². The minimum absolute atomic E-state index is 0.0614. The molecule has 6 nitrogen and oxygen atoms in total. The molecule has 0 heterocycles. The van der Waals surface area contributed by atoms with Gasteiger partial charge in [-0.2, -0.15) is 0 Å². The number of carbonyl (C=O) groups is 3. The van der Waals surface area contributed by atoms with Gasteiger partial charge in [-0.05, 0) is 19.3 Å². The number of unbranched alkanes of at least 4 members (excludes halogenated alkanes) is 42. The first kappa shape index (κ1) is 61.4. The van der Waals surface area contributed by atoms with Crippen LogP contribution in [-0.2, 0) is 28.6 Å². The monoisotopic (exact) mass is 891 g/mol. The standard InChI is InChI=1S/C57H110O6/c1-4-7-10-13-16-19-22-25-26-27-28-29-30-31-32-33-36-38-41-44-47-50-56(59)62-53-54(63-57(60)51-48-45-42-39-35-24-21-18-15-12-9-6-3)52-61-55(58)49-46-43-40-37-34-23-20-17-14-11-8-5-2/h54H,4-53H2,1-3H3. The van der Waals surface area contributed by atoms with Crippen molar-refractivity contribution in [2.24, 2.45) is 0 Å². The van der Waals surface area contributed by atoms with E-state index in [1.54, 1.807) is 0 Å².